The first-order valence-electron chi connectivity index (χ1n) is 5.20. The van der Waals surface area contributed by atoms with Crippen LogP contribution in [-0.4, -0.2) is 12.9 Å². The van der Waals surface area contributed by atoms with Gasteiger partial charge in [-0.25, -0.2) is 0 Å². The molecule has 0 aliphatic carbocycles. The number of nitrogens with two attached hydrogens (primary N) is 1. The van der Waals surface area contributed by atoms with Crippen molar-refractivity contribution in [2.75, 3.05) is 7.05 Å². The third kappa shape index (κ3) is 2.58. The molecule has 1 aromatic rings. The number of aliphatic imine (C=N–C) groups is 1. The van der Waals surface area contributed by atoms with Crippen LogP contribution in [0.1, 0.15) is 37.5 Å². The summed E-state index contributed by atoms with van der Waals surface area (Å²) in [5, 5.41) is 0. The highest BCUT2D eigenvalue weighted by atomic mass is 14.8. The van der Waals surface area contributed by atoms with Gasteiger partial charge >= 0.3 is 0 Å². The predicted molar refractivity (Wildman–Crippen MR) is 66.5 cm³/mol. The second-order valence-electron chi connectivity index (χ2n) is 4.89. The van der Waals surface area contributed by atoms with Crippen molar-refractivity contribution in [3.8, 4) is 0 Å². The van der Waals surface area contributed by atoms with E-state index in [1.807, 2.05) is 0 Å². The molecule has 0 aliphatic heterocycles. The summed E-state index contributed by atoms with van der Waals surface area (Å²) in [6.07, 6.45) is 0. The van der Waals surface area contributed by atoms with Gasteiger partial charge in [0.25, 0.3) is 0 Å². The third-order valence-electron chi connectivity index (χ3n) is 2.61. The number of benzene rings is 1. The van der Waals surface area contributed by atoms with Gasteiger partial charge in [-0.1, -0.05) is 39.0 Å². The molecule has 82 valence electrons. The van der Waals surface area contributed by atoms with E-state index in [1.165, 1.54) is 11.1 Å². The van der Waals surface area contributed by atoms with Gasteiger partial charge in [0.15, 0.2) is 0 Å². The number of aryl methyl sites for hydroxylation is 1. The van der Waals surface area contributed by atoms with Crippen molar-refractivity contribution in [1.82, 2.24) is 0 Å². The molecule has 15 heavy (non-hydrogen) atoms. The van der Waals surface area contributed by atoms with Crippen LogP contribution >= 0.6 is 0 Å². The molecule has 0 atom stereocenters. The Labute approximate surface area is 92.2 Å². The fraction of sp³-hybridized carbons (Fsp3) is 0.462. The predicted octanol–water partition coefficient (Wildman–Crippen LogP) is 2.63. The van der Waals surface area contributed by atoms with Gasteiger partial charge in [0, 0.05) is 12.6 Å². The summed E-state index contributed by atoms with van der Waals surface area (Å²) in [4.78, 5) is 4.01. The largest absolute Gasteiger partial charge is 0.384 e. The molecule has 0 unspecified atom stereocenters. The standard InChI is InChI=1S/C13H20N2/c1-9-8-10(13(2,3)4)6-7-11(9)12(14)15-5/h6-8H,1-5H3,(H2,14,15). The second-order valence-corrected chi connectivity index (χ2v) is 4.89. The number of nitrogens with zero attached hydrogens (tertiary/aromatic N) is 1. The molecule has 2 heteroatoms. The Morgan fingerprint density at radius 1 is 1.27 bits per heavy atom. The molecule has 1 aromatic carbocycles. The Balaban J connectivity index is 3.21. The Hall–Kier alpha value is -1.31. The monoisotopic (exact) mass is 204 g/mol. The van der Waals surface area contributed by atoms with Gasteiger partial charge in [0.1, 0.15) is 5.84 Å². The van der Waals surface area contributed by atoms with Crippen molar-refractivity contribution in [2.24, 2.45) is 10.7 Å². The summed E-state index contributed by atoms with van der Waals surface area (Å²) < 4.78 is 0. The molecule has 2 N–H and O–H groups in total. The van der Waals surface area contributed by atoms with E-state index in [9.17, 15) is 0 Å². The van der Waals surface area contributed by atoms with Gasteiger partial charge in [-0.15, -0.1) is 0 Å². The maximum absolute atomic E-state index is 5.80. The molecule has 0 heterocycles. The van der Waals surface area contributed by atoms with Crippen LogP contribution in [0.5, 0.6) is 0 Å². The van der Waals surface area contributed by atoms with Crippen molar-refractivity contribution in [1.29, 1.82) is 0 Å². The summed E-state index contributed by atoms with van der Waals surface area (Å²) in [7, 11) is 1.71. The number of hydrogen-bond donors (Lipinski definition) is 1. The van der Waals surface area contributed by atoms with Crippen LogP contribution in [0.15, 0.2) is 23.2 Å². The summed E-state index contributed by atoms with van der Waals surface area (Å²) >= 11 is 0. The van der Waals surface area contributed by atoms with Crippen LogP contribution in [0, 0.1) is 6.92 Å². The molecule has 0 amide bonds. The van der Waals surface area contributed by atoms with Gasteiger partial charge in [-0.2, -0.15) is 0 Å². The average Bonchev–Trinajstić information content (AvgIpc) is 2.15. The van der Waals surface area contributed by atoms with Crippen LogP contribution in [0.2, 0.25) is 0 Å². The fourth-order valence-corrected chi connectivity index (χ4v) is 1.54. The van der Waals surface area contributed by atoms with Crippen molar-refractivity contribution in [2.45, 2.75) is 33.1 Å². The van der Waals surface area contributed by atoms with Crippen LogP contribution in [0.25, 0.3) is 0 Å². The van der Waals surface area contributed by atoms with Crippen LogP contribution in [0.3, 0.4) is 0 Å². The van der Waals surface area contributed by atoms with Gasteiger partial charge in [-0.3, -0.25) is 4.99 Å². The Morgan fingerprint density at radius 3 is 2.27 bits per heavy atom. The molecular formula is C13H20N2. The molecule has 0 radical (unpaired) electrons. The Kier molecular flexibility index (Phi) is 3.18. The zero-order chi connectivity index (χ0) is 11.6. The van der Waals surface area contributed by atoms with Crippen LogP contribution in [-0.2, 0) is 5.41 Å². The maximum atomic E-state index is 5.80. The average molecular weight is 204 g/mol. The first-order chi connectivity index (χ1) is 6.86. The van der Waals surface area contributed by atoms with Gasteiger partial charge in [-0.05, 0) is 23.5 Å². The van der Waals surface area contributed by atoms with Crippen molar-refractivity contribution < 1.29 is 0 Å². The third-order valence-corrected chi connectivity index (χ3v) is 2.61. The molecule has 2 nitrogen and oxygen atoms in total. The van der Waals surface area contributed by atoms with Crippen LogP contribution < -0.4 is 5.73 Å². The van der Waals surface area contributed by atoms with Gasteiger partial charge in [0.05, 0.1) is 0 Å². The second kappa shape index (κ2) is 4.05. The van der Waals surface area contributed by atoms with Gasteiger partial charge < -0.3 is 5.73 Å². The molecule has 0 saturated carbocycles. The van der Waals surface area contributed by atoms with E-state index < -0.39 is 0 Å². The zero-order valence-corrected chi connectivity index (χ0v) is 10.3. The first-order valence-corrected chi connectivity index (χ1v) is 5.20. The smallest absolute Gasteiger partial charge is 0.125 e. The van der Waals surface area contributed by atoms with E-state index in [1.54, 1.807) is 7.05 Å². The normalized spacial score (nSPS) is 13.0. The molecule has 0 saturated heterocycles. The van der Waals surface area contributed by atoms with Crippen molar-refractivity contribution >= 4 is 5.84 Å². The highest BCUT2D eigenvalue weighted by Gasteiger charge is 2.14. The lowest BCUT2D eigenvalue weighted by molar-refractivity contribution is 0.589. The summed E-state index contributed by atoms with van der Waals surface area (Å²) in [6.45, 7) is 8.69. The topological polar surface area (TPSA) is 38.4 Å². The quantitative estimate of drug-likeness (QED) is 0.554. The number of rotatable bonds is 1. The molecular weight excluding hydrogens is 184 g/mol. The lowest BCUT2D eigenvalue weighted by Crippen LogP contribution is -2.16. The van der Waals surface area contributed by atoms with E-state index in [2.05, 4.69) is 50.9 Å². The van der Waals surface area contributed by atoms with E-state index in [-0.39, 0.29) is 5.41 Å². The number of hydrogen-bond acceptors (Lipinski definition) is 1. The Morgan fingerprint density at radius 2 is 1.87 bits per heavy atom. The molecule has 0 bridgehead atoms. The lowest BCUT2D eigenvalue weighted by atomic mass is 9.85. The van der Waals surface area contributed by atoms with Crippen LogP contribution in [0.4, 0.5) is 0 Å². The summed E-state index contributed by atoms with van der Waals surface area (Å²) in [6, 6.07) is 6.37. The minimum atomic E-state index is 0.182. The lowest BCUT2D eigenvalue weighted by Gasteiger charge is -2.20. The van der Waals surface area contributed by atoms with E-state index in [0.717, 1.165) is 5.56 Å². The summed E-state index contributed by atoms with van der Waals surface area (Å²) in [5.74, 6) is 0.605. The Bertz CT molecular complexity index is 384. The maximum Gasteiger partial charge on any atom is 0.125 e. The minimum Gasteiger partial charge on any atom is -0.384 e. The molecule has 0 aliphatic rings. The molecule has 0 aromatic heterocycles. The van der Waals surface area contributed by atoms with Crippen molar-refractivity contribution in [3.05, 3.63) is 34.9 Å². The summed E-state index contributed by atoms with van der Waals surface area (Å²) in [5.41, 5.74) is 9.53. The zero-order valence-electron chi connectivity index (χ0n) is 10.3. The molecule has 0 fully saturated rings. The SMILES string of the molecule is CN=C(N)c1ccc(C(C)(C)C)cc1C. The van der Waals surface area contributed by atoms with Crippen molar-refractivity contribution in [3.63, 3.8) is 0 Å². The highest BCUT2D eigenvalue weighted by molar-refractivity contribution is 5.98. The minimum absolute atomic E-state index is 0.182. The van der Waals surface area contributed by atoms with E-state index in [4.69, 9.17) is 5.73 Å². The molecule has 0 spiro atoms. The van der Waals surface area contributed by atoms with E-state index in [0.29, 0.717) is 5.84 Å². The highest BCUT2D eigenvalue weighted by Crippen LogP contribution is 2.24. The molecule has 1 rings (SSSR count). The van der Waals surface area contributed by atoms with E-state index >= 15 is 0 Å². The first kappa shape index (κ1) is 11.8. The van der Waals surface area contributed by atoms with Gasteiger partial charge in [0.2, 0.25) is 0 Å². The number of amidine groups is 1. The fourth-order valence-electron chi connectivity index (χ4n) is 1.54.